The molecular formula is C15H22F2N2O2. The van der Waals surface area contributed by atoms with E-state index in [9.17, 15) is 13.6 Å². The van der Waals surface area contributed by atoms with Gasteiger partial charge < -0.3 is 15.8 Å². The van der Waals surface area contributed by atoms with Crippen LogP contribution in [-0.2, 0) is 4.74 Å². The summed E-state index contributed by atoms with van der Waals surface area (Å²) in [6.45, 7) is 6.28. The van der Waals surface area contributed by atoms with Gasteiger partial charge in [-0.2, -0.15) is 0 Å². The lowest BCUT2D eigenvalue weighted by atomic mass is 9.88. The minimum absolute atomic E-state index is 0.494. The molecule has 0 aromatic heterocycles. The van der Waals surface area contributed by atoms with E-state index in [1.165, 1.54) is 6.92 Å². The molecule has 0 bridgehead atoms. The van der Waals surface area contributed by atoms with Gasteiger partial charge >= 0.3 is 6.09 Å². The zero-order valence-corrected chi connectivity index (χ0v) is 12.7. The van der Waals surface area contributed by atoms with E-state index in [4.69, 9.17) is 10.5 Å². The first-order chi connectivity index (χ1) is 9.54. The SMILES string of the molecule is CC(C)(C)OC(=O)NC(c1ccccc1)C(C)(N)C(F)F. The van der Waals surface area contributed by atoms with Crippen LogP contribution in [0.3, 0.4) is 0 Å². The van der Waals surface area contributed by atoms with Crippen LogP contribution >= 0.6 is 0 Å². The van der Waals surface area contributed by atoms with E-state index in [1.807, 2.05) is 0 Å². The standard InChI is InChI=1S/C15H22F2N2O2/c1-14(2,3)21-13(20)19-11(15(4,18)12(16)17)10-8-6-5-7-9-10/h5-9,11-12H,18H2,1-4H3,(H,19,20). The molecule has 2 atom stereocenters. The van der Waals surface area contributed by atoms with Crippen molar-refractivity contribution in [2.75, 3.05) is 0 Å². The van der Waals surface area contributed by atoms with Crippen molar-refractivity contribution in [2.24, 2.45) is 5.73 Å². The van der Waals surface area contributed by atoms with E-state index in [1.54, 1.807) is 51.1 Å². The second-order valence-electron chi connectivity index (χ2n) is 6.16. The number of benzene rings is 1. The van der Waals surface area contributed by atoms with Crippen LogP contribution in [-0.4, -0.2) is 23.7 Å². The highest BCUT2D eigenvalue weighted by Gasteiger charge is 2.41. The predicted octanol–water partition coefficient (Wildman–Crippen LogP) is 3.23. The van der Waals surface area contributed by atoms with Crippen LogP contribution in [0.15, 0.2) is 30.3 Å². The molecule has 0 aliphatic carbocycles. The topological polar surface area (TPSA) is 64.3 Å². The number of nitrogens with two attached hydrogens (primary N) is 1. The molecule has 0 radical (unpaired) electrons. The highest BCUT2D eigenvalue weighted by molar-refractivity contribution is 5.68. The zero-order chi connectivity index (χ0) is 16.3. The average Bonchev–Trinajstić information content (AvgIpc) is 2.34. The lowest BCUT2D eigenvalue weighted by Crippen LogP contribution is -2.55. The van der Waals surface area contributed by atoms with Gasteiger partial charge in [-0.05, 0) is 33.3 Å². The van der Waals surface area contributed by atoms with E-state index in [0.717, 1.165) is 0 Å². The molecule has 0 aliphatic rings. The van der Waals surface area contributed by atoms with Crippen molar-refractivity contribution in [1.82, 2.24) is 5.32 Å². The van der Waals surface area contributed by atoms with Gasteiger partial charge in [0.15, 0.2) is 0 Å². The molecule has 6 heteroatoms. The van der Waals surface area contributed by atoms with Gasteiger partial charge in [-0.1, -0.05) is 30.3 Å². The lowest BCUT2D eigenvalue weighted by Gasteiger charge is -2.34. The van der Waals surface area contributed by atoms with Crippen molar-refractivity contribution in [3.63, 3.8) is 0 Å². The Bertz CT molecular complexity index is 470. The summed E-state index contributed by atoms with van der Waals surface area (Å²) in [5.41, 5.74) is 3.58. The Morgan fingerprint density at radius 2 is 1.71 bits per heavy atom. The van der Waals surface area contributed by atoms with Crippen LogP contribution < -0.4 is 11.1 Å². The van der Waals surface area contributed by atoms with E-state index >= 15 is 0 Å². The molecule has 2 unspecified atom stereocenters. The molecule has 1 aromatic rings. The van der Waals surface area contributed by atoms with Crippen molar-refractivity contribution in [1.29, 1.82) is 0 Å². The quantitative estimate of drug-likeness (QED) is 0.897. The Labute approximate surface area is 123 Å². The number of carbonyl (C=O) groups is 1. The van der Waals surface area contributed by atoms with Gasteiger partial charge in [-0.3, -0.25) is 0 Å². The number of halogens is 2. The highest BCUT2D eigenvalue weighted by Crippen LogP contribution is 2.29. The molecule has 21 heavy (non-hydrogen) atoms. The summed E-state index contributed by atoms with van der Waals surface area (Å²) in [4.78, 5) is 11.9. The van der Waals surface area contributed by atoms with Crippen LogP contribution in [0.1, 0.15) is 39.3 Å². The van der Waals surface area contributed by atoms with E-state index in [2.05, 4.69) is 5.32 Å². The predicted molar refractivity (Wildman–Crippen MR) is 77.1 cm³/mol. The molecule has 0 fully saturated rings. The van der Waals surface area contributed by atoms with Gasteiger partial charge in [0.05, 0.1) is 11.6 Å². The highest BCUT2D eigenvalue weighted by atomic mass is 19.3. The van der Waals surface area contributed by atoms with Gasteiger partial charge in [0.1, 0.15) is 5.60 Å². The molecule has 1 aromatic carbocycles. The van der Waals surface area contributed by atoms with Gasteiger partial charge in [0.2, 0.25) is 0 Å². The molecule has 0 spiro atoms. The number of amides is 1. The van der Waals surface area contributed by atoms with Crippen molar-refractivity contribution >= 4 is 6.09 Å². The molecular weight excluding hydrogens is 278 g/mol. The van der Waals surface area contributed by atoms with Gasteiger partial charge in [-0.25, -0.2) is 13.6 Å². The molecule has 0 aliphatic heterocycles. The molecule has 4 nitrogen and oxygen atoms in total. The maximum absolute atomic E-state index is 13.2. The first-order valence-corrected chi connectivity index (χ1v) is 6.65. The Morgan fingerprint density at radius 1 is 1.19 bits per heavy atom. The normalized spacial score (nSPS) is 16.2. The maximum atomic E-state index is 13.2. The number of alkyl carbamates (subject to hydrolysis) is 1. The number of rotatable bonds is 4. The fraction of sp³-hybridized carbons (Fsp3) is 0.533. The zero-order valence-electron chi connectivity index (χ0n) is 12.7. The van der Waals surface area contributed by atoms with Crippen molar-refractivity contribution in [2.45, 2.75) is 51.3 Å². The first-order valence-electron chi connectivity index (χ1n) is 6.65. The minimum atomic E-state index is -2.81. The Morgan fingerprint density at radius 3 is 2.14 bits per heavy atom. The van der Waals surface area contributed by atoms with Crippen LogP contribution in [0.4, 0.5) is 13.6 Å². The summed E-state index contributed by atoms with van der Waals surface area (Å²) in [5.74, 6) is 0. The fourth-order valence-corrected chi connectivity index (χ4v) is 1.79. The molecule has 1 amide bonds. The van der Waals surface area contributed by atoms with E-state index < -0.39 is 29.7 Å². The van der Waals surface area contributed by atoms with Crippen LogP contribution in [0.5, 0.6) is 0 Å². The number of alkyl halides is 2. The Hall–Kier alpha value is -1.69. The van der Waals surface area contributed by atoms with Gasteiger partial charge in [0, 0.05) is 0 Å². The molecule has 3 N–H and O–H groups in total. The van der Waals surface area contributed by atoms with Crippen molar-refractivity contribution in [3.05, 3.63) is 35.9 Å². The monoisotopic (exact) mass is 300 g/mol. The first kappa shape index (κ1) is 17.4. The van der Waals surface area contributed by atoms with E-state index in [-0.39, 0.29) is 0 Å². The number of hydrogen-bond donors (Lipinski definition) is 2. The third-order valence-corrected chi connectivity index (χ3v) is 2.89. The number of hydrogen-bond acceptors (Lipinski definition) is 3. The minimum Gasteiger partial charge on any atom is -0.444 e. The number of carbonyl (C=O) groups excluding carboxylic acids is 1. The average molecular weight is 300 g/mol. The van der Waals surface area contributed by atoms with Crippen molar-refractivity contribution < 1.29 is 18.3 Å². The second-order valence-corrected chi connectivity index (χ2v) is 6.16. The summed E-state index contributed by atoms with van der Waals surface area (Å²) < 4.78 is 31.6. The Kier molecular flexibility index (Phi) is 5.28. The molecule has 0 saturated carbocycles. The van der Waals surface area contributed by atoms with Crippen LogP contribution in [0.25, 0.3) is 0 Å². The lowest BCUT2D eigenvalue weighted by molar-refractivity contribution is 0.0244. The van der Waals surface area contributed by atoms with Gasteiger partial charge in [0.25, 0.3) is 6.43 Å². The fourth-order valence-electron chi connectivity index (χ4n) is 1.79. The summed E-state index contributed by atoms with van der Waals surface area (Å²) in [6, 6.07) is 7.35. The van der Waals surface area contributed by atoms with Crippen LogP contribution in [0, 0.1) is 0 Å². The largest absolute Gasteiger partial charge is 0.444 e. The van der Waals surface area contributed by atoms with Gasteiger partial charge in [-0.15, -0.1) is 0 Å². The second kappa shape index (κ2) is 6.39. The maximum Gasteiger partial charge on any atom is 0.408 e. The summed E-state index contributed by atoms with van der Waals surface area (Å²) >= 11 is 0. The number of ether oxygens (including phenoxy) is 1. The smallest absolute Gasteiger partial charge is 0.408 e. The van der Waals surface area contributed by atoms with Crippen LogP contribution in [0.2, 0.25) is 0 Å². The third kappa shape index (κ3) is 4.97. The van der Waals surface area contributed by atoms with Crippen molar-refractivity contribution in [3.8, 4) is 0 Å². The summed E-state index contributed by atoms with van der Waals surface area (Å²) in [7, 11) is 0. The number of nitrogens with one attached hydrogen (secondary N) is 1. The molecule has 0 heterocycles. The third-order valence-electron chi connectivity index (χ3n) is 2.89. The summed E-state index contributed by atoms with van der Waals surface area (Å²) in [5, 5.41) is 2.45. The Balaban J connectivity index is 3.02. The molecule has 1 rings (SSSR count). The van der Waals surface area contributed by atoms with E-state index in [0.29, 0.717) is 5.56 Å². The summed E-state index contributed by atoms with van der Waals surface area (Å²) in [6.07, 6.45) is -3.59. The molecule has 0 saturated heterocycles. The molecule has 118 valence electrons.